The average Bonchev–Trinajstić information content (AvgIpc) is 3.67. The highest BCUT2D eigenvalue weighted by molar-refractivity contribution is 5.95. The Balaban J connectivity index is 1.34. The van der Waals surface area contributed by atoms with Gasteiger partial charge in [-0.1, -0.05) is 36.4 Å². The van der Waals surface area contributed by atoms with Crippen LogP contribution in [0.1, 0.15) is 21.6 Å². The molecule has 0 bridgehead atoms. The third kappa shape index (κ3) is 3.79. The smallest absolute Gasteiger partial charge is 0.272 e. The standard InChI is InChI=1S/C24H21FN4O3/c25-20-8-5-15(14-21-17-3-1-2-4-18(17)22(30)27-26-21)13-19(20)24(32)29-11-9-28(10-12-29)23(31)16-6-7-16/h1-8,13,16H,9-12,14H2,(H,27,30). The molecule has 0 atom stereocenters. The molecule has 1 aliphatic carbocycles. The minimum Gasteiger partial charge on any atom is -0.338 e. The number of rotatable bonds is 4. The summed E-state index contributed by atoms with van der Waals surface area (Å²) in [6.07, 6.45) is 4.04. The van der Waals surface area contributed by atoms with E-state index in [1.54, 1.807) is 34.1 Å². The van der Waals surface area contributed by atoms with Gasteiger partial charge in [-0.25, -0.2) is 9.49 Å². The maximum atomic E-state index is 14.6. The number of halogens is 1. The number of H-pyrrole nitrogens is 1. The molecule has 1 saturated heterocycles. The van der Waals surface area contributed by atoms with Crippen LogP contribution in [0.2, 0.25) is 0 Å². The highest BCUT2D eigenvalue weighted by Gasteiger charge is 2.31. The number of hydrogen-bond acceptors (Lipinski definition) is 4. The van der Waals surface area contributed by atoms with E-state index in [0.29, 0.717) is 49.2 Å². The summed E-state index contributed by atoms with van der Waals surface area (Å²) < 4.78 is 14.6. The van der Waals surface area contributed by atoms with Gasteiger partial charge in [0.25, 0.3) is 11.5 Å². The van der Waals surface area contributed by atoms with E-state index in [2.05, 4.69) is 10.2 Å². The number of benzene rings is 2. The molecule has 1 aromatic heterocycles. The van der Waals surface area contributed by atoms with Crippen molar-refractivity contribution in [2.45, 2.75) is 6.42 Å². The molecule has 2 amide bonds. The number of amides is 2. The van der Waals surface area contributed by atoms with Gasteiger partial charge in [0.05, 0.1) is 22.6 Å². The molecule has 1 aliphatic heterocycles. The summed E-state index contributed by atoms with van der Waals surface area (Å²) in [4.78, 5) is 40.5. The number of carbonyl (C=O) groups is 2. The summed E-state index contributed by atoms with van der Waals surface area (Å²) in [5, 5.41) is 7.91. The molecule has 1 fully saturated rings. The Bertz CT molecular complexity index is 1300. The molecule has 1 N–H and O–H groups in total. The Morgan fingerprint density at radius 3 is 2.41 bits per heavy atom. The summed E-state index contributed by atoms with van der Waals surface area (Å²) in [7, 11) is 0. The van der Waals surface area contributed by atoms with Gasteiger partial charge in [0.1, 0.15) is 5.82 Å². The first-order valence-corrected chi connectivity index (χ1v) is 10.5. The highest BCUT2D eigenvalue weighted by Crippen LogP contribution is 2.22. The van der Waals surface area contributed by atoms with E-state index >= 15 is 0 Å². The van der Waals surface area contributed by atoms with E-state index in [1.165, 1.54) is 6.07 Å². The van der Waals surface area contributed by atoms with Gasteiger partial charge in [-0.3, -0.25) is 14.4 Å². The van der Waals surface area contributed by atoms with Gasteiger partial charge in [0.2, 0.25) is 5.91 Å². The SMILES string of the molecule is O=C(c1cc(Cc2n[nH]c(=O)c3ccccc23)ccc1F)N1CCN(C(=O)C2C=C2)CC1. The number of aromatic amines is 1. The second kappa shape index (κ2) is 8.03. The number of nitrogens with one attached hydrogen (secondary N) is 1. The van der Waals surface area contributed by atoms with Gasteiger partial charge in [0.15, 0.2) is 0 Å². The lowest BCUT2D eigenvalue weighted by molar-refractivity contribution is -0.133. The zero-order valence-electron chi connectivity index (χ0n) is 17.3. The second-order valence-electron chi connectivity index (χ2n) is 8.06. The lowest BCUT2D eigenvalue weighted by Gasteiger charge is -2.35. The molecule has 0 unspecified atom stereocenters. The number of hydrogen-bond donors (Lipinski definition) is 1. The first-order valence-electron chi connectivity index (χ1n) is 10.5. The molecular weight excluding hydrogens is 411 g/mol. The molecule has 5 rings (SSSR count). The van der Waals surface area contributed by atoms with Crippen molar-refractivity contribution in [2.24, 2.45) is 5.92 Å². The molecule has 0 spiro atoms. The van der Waals surface area contributed by atoms with Gasteiger partial charge in [-0.2, -0.15) is 5.10 Å². The van der Waals surface area contributed by atoms with Gasteiger partial charge in [0, 0.05) is 38.0 Å². The molecule has 8 heteroatoms. The minimum absolute atomic E-state index is 0.000124. The van der Waals surface area contributed by atoms with Crippen LogP contribution in [0.25, 0.3) is 10.8 Å². The zero-order valence-corrected chi connectivity index (χ0v) is 17.3. The van der Waals surface area contributed by atoms with Gasteiger partial charge in [-0.15, -0.1) is 0 Å². The summed E-state index contributed by atoms with van der Waals surface area (Å²) >= 11 is 0. The molecule has 162 valence electrons. The largest absolute Gasteiger partial charge is 0.338 e. The van der Waals surface area contributed by atoms with Gasteiger partial charge in [-0.05, 0) is 23.8 Å². The normalized spacial score (nSPS) is 15.9. The molecule has 0 radical (unpaired) electrons. The molecule has 0 saturated carbocycles. The van der Waals surface area contributed by atoms with E-state index in [1.807, 2.05) is 24.3 Å². The monoisotopic (exact) mass is 432 g/mol. The summed E-state index contributed by atoms with van der Waals surface area (Å²) in [6, 6.07) is 11.6. The molecule has 2 aliphatic rings. The Morgan fingerprint density at radius 1 is 1.00 bits per heavy atom. The van der Waals surface area contributed by atoms with Crippen molar-refractivity contribution >= 4 is 22.6 Å². The van der Waals surface area contributed by atoms with Crippen molar-refractivity contribution in [3.63, 3.8) is 0 Å². The minimum atomic E-state index is -0.585. The third-order valence-corrected chi connectivity index (χ3v) is 5.96. The lowest BCUT2D eigenvalue weighted by Crippen LogP contribution is -2.51. The van der Waals surface area contributed by atoms with Gasteiger partial charge < -0.3 is 9.80 Å². The third-order valence-electron chi connectivity index (χ3n) is 5.96. The molecule has 2 heterocycles. The second-order valence-corrected chi connectivity index (χ2v) is 8.06. The Hall–Kier alpha value is -3.81. The van der Waals surface area contributed by atoms with Crippen LogP contribution >= 0.6 is 0 Å². The number of carbonyl (C=O) groups excluding carboxylic acids is 2. The van der Waals surface area contributed by atoms with Crippen LogP contribution in [0.3, 0.4) is 0 Å². The first kappa shape index (κ1) is 20.1. The van der Waals surface area contributed by atoms with Crippen LogP contribution in [0.15, 0.2) is 59.4 Å². The van der Waals surface area contributed by atoms with Crippen LogP contribution in [-0.2, 0) is 11.2 Å². The molecule has 32 heavy (non-hydrogen) atoms. The average molecular weight is 432 g/mol. The maximum Gasteiger partial charge on any atom is 0.272 e. The van der Waals surface area contributed by atoms with Crippen LogP contribution < -0.4 is 5.56 Å². The van der Waals surface area contributed by atoms with E-state index in [-0.39, 0.29) is 28.9 Å². The van der Waals surface area contributed by atoms with Gasteiger partial charge >= 0.3 is 0 Å². The van der Waals surface area contributed by atoms with Crippen LogP contribution in [-0.4, -0.2) is 58.0 Å². The maximum absolute atomic E-state index is 14.6. The number of fused-ring (bicyclic) bond motifs is 1. The molecule has 3 aromatic rings. The Labute approximate surface area is 183 Å². The van der Waals surface area contributed by atoms with E-state index in [9.17, 15) is 18.8 Å². The van der Waals surface area contributed by atoms with E-state index < -0.39 is 5.82 Å². The summed E-state index contributed by atoms with van der Waals surface area (Å²) in [6.45, 7) is 1.62. The van der Waals surface area contributed by atoms with Crippen LogP contribution in [0, 0.1) is 11.7 Å². The van der Waals surface area contributed by atoms with Crippen LogP contribution in [0.5, 0.6) is 0 Å². The molecular formula is C24H21FN4O3. The summed E-state index contributed by atoms with van der Waals surface area (Å²) in [5.41, 5.74) is 1.09. The predicted molar refractivity (Wildman–Crippen MR) is 117 cm³/mol. The summed E-state index contributed by atoms with van der Waals surface area (Å²) in [5.74, 6) is -1.01. The van der Waals surface area contributed by atoms with Crippen molar-refractivity contribution < 1.29 is 14.0 Å². The Morgan fingerprint density at radius 2 is 1.69 bits per heavy atom. The molecule has 2 aromatic carbocycles. The van der Waals surface area contributed by atoms with Crippen molar-refractivity contribution in [1.82, 2.24) is 20.0 Å². The van der Waals surface area contributed by atoms with Crippen molar-refractivity contribution in [3.8, 4) is 0 Å². The highest BCUT2D eigenvalue weighted by atomic mass is 19.1. The zero-order chi connectivity index (χ0) is 22.2. The number of aromatic nitrogens is 2. The van der Waals surface area contributed by atoms with Crippen molar-refractivity contribution in [2.75, 3.05) is 26.2 Å². The quantitative estimate of drug-likeness (QED) is 0.640. The fourth-order valence-corrected chi connectivity index (χ4v) is 4.08. The fourth-order valence-electron chi connectivity index (χ4n) is 4.08. The first-order chi connectivity index (χ1) is 15.5. The van der Waals surface area contributed by atoms with Crippen LogP contribution in [0.4, 0.5) is 4.39 Å². The van der Waals surface area contributed by atoms with Crippen molar-refractivity contribution in [1.29, 1.82) is 0 Å². The lowest BCUT2D eigenvalue weighted by atomic mass is 10.0. The number of piperazine rings is 1. The van der Waals surface area contributed by atoms with E-state index in [4.69, 9.17) is 0 Å². The fraction of sp³-hybridized carbons (Fsp3) is 0.250. The Kier molecular flexibility index (Phi) is 5.05. The topological polar surface area (TPSA) is 86.4 Å². The van der Waals surface area contributed by atoms with E-state index in [0.717, 1.165) is 5.39 Å². The number of nitrogens with zero attached hydrogens (tertiary/aromatic N) is 3. The van der Waals surface area contributed by atoms with Crippen molar-refractivity contribution in [3.05, 3.63) is 87.6 Å². The predicted octanol–water partition coefficient (Wildman–Crippen LogP) is 2.12. The molecule has 7 nitrogen and oxygen atoms in total.